The Morgan fingerprint density at radius 3 is 2.30 bits per heavy atom. The van der Waals surface area contributed by atoms with Gasteiger partial charge in [0.25, 0.3) is 0 Å². The van der Waals surface area contributed by atoms with Crippen LogP contribution in [0.5, 0.6) is 0 Å². The first-order valence-corrected chi connectivity index (χ1v) is 2.64. The summed E-state index contributed by atoms with van der Waals surface area (Å²) < 4.78 is 35.2. The van der Waals surface area contributed by atoms with Crippen molar-refractivity contribution in [3.8, 4) is 0 Å². The topological polar surface area (TPSA) is 0 Å². The Balaban J connectivity index is 2.85. The summed E-state index contributed by atoms with van der Waals surface area (Å²) in [4.78, 5) is 0. The van der Waals surface area contributed by atoms with Gasteiger partial charge in [-0.05, 0) is 0 Å². The standard InChI is InChI=1S/C7H4F3/c8-6(7(9)10)5-3-1-2-4-5/h1-4H. The molecule has 53 valence electrons. The van der Waals surface area contributed by atoms with Gasteiger partial charge in [-0.15, -0.1) is 0 Å². The van der Waals surface area contributed by atoms with Crippen LogP contribution in [0.15, 0.2) is 35.7 Å². The molecule has 0 aliphatic heterocycles. The van der Waals surface area contributed by atoms with Crippen LogP contribution in [0.2, 0.25) is 0 Å². The summed E-state index contributed by atoms with van der Waals surface area (Å²) >= 11 is 0. The molecule has 0 aromatic heterocycles. The average Bonchev–Trinajstić information content (AvgIpc) is 2.36. The lowest BCUT2D eigenvalue weighted by atomic mass is 10.3. The van der Waals surface area contributed by atoms with Crippen LogP contribution in [-0.2, 0) is 0 Å². The van der Waals surface area contributed by atoms with Crippen LogP contribution < -0.4 is 0 Å². The molecule has 1 aliphatic rings. The predicted octanol–water partition coefficient (Wildman–Crippen LogP) is 2.76. The second-order valence-corrected chi connectivity index (χ2v) is 1.75. The highest BCUT2D eigenvalue weighted by atomic mass is 19.3. The molecular weight excluding hydrogens is 141 g/mol. The fourth-order valence-corrected chi connectivity index (χ4v) is 0.629. The Labute approximate surface area is 56.4 Å². The minimum absolute atomic E-state index is 0.0694. The largest absolute Gasteiger partial charge is 0.306 e. The van der Waals surface area contributed by atoms with Crippen LogP contribution >= 0.6 is 0 Å². The maximum atomic E-state index is 12.2. The number of hydrogen-bond donors (Lipinski definition) is 0. The minimum atomic E-state index is -2.27. The Morgan fingerprint density at radius 1 is 1.20 bits per heavy atom. The van der Waals surface area contributed by atoms with Gasteiger partial charge in [-0.2, -0.15) is 8.78 Å². The van der Waals surface area contributed by atoms with Crippen molar-refractivity contribution in [2.24, 2.45) is 0 Å². The zero-order valence-corrected chi connectivity index (χ0v) is 4.94. The summed E-state index contributed by atoms with van der Waals surface area (Å²) in [6, 6.07) is 0. The molecule has 0 nitrogen and oxygen atoms in total. The van der Waals surface area contributed by atoms with Crippen molar-refractivity contribution in [2.45, 2.75) is 0 Å². The van der Waals surface area contributed by atoms with E-state index in [1.165, 1.54) is 24.6 Å². The third-order valence-corrected chi connectivity index (χ3v) is 1.08. The molecule has 0 aromatic carbocycles. The minimum Gasteiger partial charge on any atom is -0.200 e. The lowest BCUT2D eigenvalue weighted by Crippen LogP contribution is -1.77. The monoisotopic (exact) mass is 145 g/mol. The number of hydrogen-bond acceptors (Lipinski definition) is 0. The van der Waals surface area contributed by atoms with Gasteiger partial charge in [-0.1, -0.05) is 18.2 Å². The van der Waals surface area contributed by atoms with Gasteiger partial charge in [0.1, 0.15) is 0 Å². The van der Waals surface area contributed by atoms with E-state index in [2.05, 4.69) is 0 Å². The molecule has 1 aliphatic carbocycles. The van der Waals surface area contributed by atoms with Crippen LogP contribution in [0.25, 0.3) is 0 Å². The SMILES string of the molecule is FC(F)=C(F)C1=C[CH]C=C1. The van der Waals surface area contributed by atoms with Gasteiger partial charge in [0.05, 0.1) is 0 Å². The van der Waals surface area contributed by atoms with Crippen LogP contribution in [0.4, 0.5) is 13.2 Å². The molecule has 1 radical (unpaired) electrons. The lowest BCUT2D eigenvalue weighted by Gasteiger charge is -1.90. The molecule has 10 heavy (non-hydrogen) atoms. The number of rotatable bonds is 1. The second kappa shape index (κ2) is 2.73. The smallest absolute Gasteiger partial charge is 0.200 e. The van der Waals surface area contributed by atoms with Crippen LogP contribution in [0.3, 0.4) is 0 Å². The predicted molar refractivity (Wildman–Crippen MR) is 31.9 cm³/mol. The average molecular weight is 145 g/mol. The van der Waals surface area contributed by atoms with Crippen molar-refractivity contribution in [3.63, 3.8) is 0 Å². The Hall–Kier alpha value is -0.990. The normalized spacial score (nSPS) is 15.3. The molecule has 0 heterocycles. The molecule has 0 fully saturated rings. The van der Waals surface area contributed by atoms with Gasteiger partial charge in [0, 0.05) is 12.0 Å². The molecule has 3 heteroatoms. The van der Waals surface area contributed by atoms with E-state index in [-0.39, 0.29) is 5.57 Å². The Morgan fingerprint density at radius 2 is 1.90 bits per heavy atom. The zero-order valence-electron chi connectivity index (χ0n) is 4.94. The summed E-state index contributed by atoms with van der Waals surface area (Å²) in [5.74, 6) is -1.44. The molecule has 0 N–H and O–H groups in total. The Kier molecular flexibility index (Phi) is 1.94. The number of halogens is 3. The van der Waals surface area contributed by atoms with Gasteiger partial charge in [-0.3, -0.25) is 0 Å². The highest BCUT2D eigenvalue weighted by Crippen LogP contribution is 2.22. The maximum Gasteiger partial charge on any atom is 0.306 e. The summed E-state index contributed by atoms with van der Waals surface area (Å²) in [7, 11) is 0. The summed E-state index contributed by atoms with van der Waals surface area (Å²) in [6.07, 6.45) is 3.30. The number of allylic oxidation sites excluding steroid dienone is 5. The molecular formula is C7H4F3. The Bertz CT molecular complexity index is 219. The third-order valence-electron chi connectivity index (χ3n) is 1.08. The summed E-state index contributed by atoms with van der Waals surface area (Å²) in [6.45, 7) is 0. The molecule has 0 atom stereocenters. The van der Waals surface area contributed by atoms with E-state index in [1.54, 1.807) is 0 Å². The maximum absolute atomic E-state index is 12.2. The molecule has 0 bridgehead atoms. The van der Waals surface area contributed by atoms with Gasteiger partial charge in [0.15, 0.2) is 5.83 Å². The van der Waals surface area contributed by atoms with Crippen molar-refractivity contribution >= 4 is 0 Å². The summed E-state index contributed by atoms with van der Waals surface area (Å²) in [5, 5.41) is 0. The molecule has 0 amide bonds. The van der Waals surface area contributed by atoms with E-state index in [0.29, 0.717) is 0 Å². The van der Waals surface area contributed by atoms with E-state index in [4.69, 9.17) is 0 Å². The fraction of sp³-hybridized carbons (Fsp3) is 0. The molecule has 0 unspecified atom stereocenters. The quantitative estimate of drug-likeness (QED) is 0.532. The van der Waals surface area contributed by atoms with Crippen molar-refractivity contribution < 1.29 is 13.2 Å². The van der Waals surface area contributed by atoms with Crippen molar-refractivity contribution in [2.75, 3.05) is 0 Å². The fourth-order valence-electron chi connectivity index (χ4n) is 0.629. The van der Waals surface area contributed by atoms with Crippen molar-refractivity contribution in [1.29, 1.82) is 0 Å². The molecule has 0 saturated heterocycles. The first-order chi connectivity index (χ1) is 4.72. The van der Waals surface area contributed by atoms with Crippen LogP contribution in [0.1, 0.15) is 0 Å². The zero-order chi connectivity index (χ0) is 7.56. The van der Waals surface area contributed by atoms with Gasteiger partial charge in [0.2, 0.25) is 0 Å². The van der Waals surface area contributed by atoms with Gasteiger partial charge < -0.3 is 0 Å². The van der Waals surface area contributed by atoms with Crippen molar-refractivity contribution in [3.05, 3.63) is 42.1 Å². The van der Waals surface area contributed by atoms with Gasteiger partial charge in [-0.25, -0.2) is 4.39 Å². The van der Waals surface area contributed by atoms with Gasteiger partial charge >= 0.3 is 6.08 Å². The first kappa shape index (κ1) is 7.12. The van der Waals surface area contributed by atoms with E-state index in [1.807, 2.05) is 0 Å². The molecule has 0 saturated carbocycles. The molecule has 1 rings (SSSR count). The van der Waals surface area contributed by atoms with Crippen LogP contribution in [0, 0.1) is 6.42 Å². The van der Waals surface area contributed by atoms with Crippen LogP contribution in [-0.4, -0.2) is 0 Å². The van der Waals surface area contributed by atoms with E-state index in [0.717, 1.165) is 0 Å². The van der Waals surface area contributed by atoms with E-state index in [9.17, 15) is 13.2 Å². The third kappa shape index (κ3) is 1.29. The van der Waals surface area contributed by atoms with E-state index >= 15 is 0 Å². The highest BCUT2D eigenvalue weighted by molar-refractivity contribution is 5.44. The van der Waals surface area contributed by atoms with E-state index < -0.39 is 11.9 Å². The summed E-state index contributed by atoms with van der Waals surface area (Å²) in [5.41, 5.74) is -0.0694. The molecule has 0 aromatic rings. The highest BCUT2D eigenvalue weighted by Gasteiger charge is 2.10. The lowest BCUT2D eigenvalue weighted by molar-refractivity contribution is 0.385. The second-order valence-electron chi connectivity index (χ2n) is 1.75. The first-order valence-electron chi connectivity index (χ1n) is 2.64. The molecule has 0 spiro atoms. The van der Waals surface area contributed by atoms with Crippen molar-refractivity contribution in [1.82, 2.24) is 0 Å².